The first kappa shape index (κ1) is 24.6. The van der Waals surface area contributed by atoms with Crippen LogP contribution in [0.3, 0.4) is 0 Å². The summed E-state index contributed by atoms with van der Waals surface area (Å²) < 4.78 is 15.1. The SMILES string of the molecule is CC1=Nc2c(C)cc(-c3nc(Nc4ccc(N5CCN(CC6CC6)CC5)cn4)ncc3F)cc2C12CCCC2. The molecule has 3 fully saturated rings. The highest BCUT2D eigenvalue weighted by Crippen LogP contribution is 2.52. The van der Waals surface area contributed by atoms with E-state index in [2.05, 4.69) is 56.0 Å². The molecular weight excluding hydrogens is 489 g/mol. The van der Waals surface area contributed by atoms with E-state index in [9.17, 15) is 0 Å². The Morgan fingerprint density at radius 1 is 1.00 bits per heavy atom. The zero-order valence-electron chi connectivity index (χ0n) is 22.9. The lowest BCUT2D eigenvalue weighted by molar-refractivity contribution is 0.248. The van der Waals surface area contributed by atoms with Crippen molar-refractivity contribution < 1.29 is 4.39 Å². The minimum Gasteiger partial charge on any atom is -0.368 e. The maximum absolute atomic E-state index is 15.1. The molecular formula is C31H36FN7. The van der Waals surface area contributed by atoms with Crippen molar-refractivity contribution in [2.24, 2.45) is 10.9 Å². The molecule has 4 heterocycles. The van der Waals surface area contributed by atoms with Crippen LogP contribution in [-0.4, -0.2) is 58.3 Å². The van der Waals surface area contributed by atoms with Crippen molar-refractivity contribution in [1.82, 2.24) is 19.9 Å². The number of benzene rings is 1. The number of pyridine rings is 1. The molecule has 1 saturated heterocycles. The van der Waals surface area contributed by atoms with Crippen LogP contribution in [-0.2, 0) is 5.41 Å². The Balaban J connectivity index is 1.08. The number of hydrogen-bond donors (Lipinski definition) is 1. The average molecular weight is 526 g/mol. The molecule has 7 nitrogen and oxygen atoms in total. The minimum atomic E-state index is -0.430. The van der Waals surface area contributed by atoms with Gasteiger partial charge in [-0.1, -0.05) is 12.8 Å². The predicted octanol–water partition coefficient (Wildman–Crippen LogP) is 6.18. The molecule has 0 unspecified atom stereocenters. The van der Waals surface area contributed by atoms with Gasteiger partial charge in [0.15, 0.2) is 5.82 Å². The average Bonchev–Trinajstić information content (AvgIpc) is 3.53. The number of aryl methyl sites for hydroxylation is 1. The summed E-state index contributed by atoms with van der Waals surface area (Å²) in [7, 11) is 0. The molecule has 2 saturated carbocycles. The highest BCUT2D eigenvalue weighted by Gasteiger charge is 2.44. The van der Waals surface area contributed by atoms with Crippen LogP contribution >= 0.6 is 0 Å². The Labute approximate surface area is 229 Å². The van der Waals surface area contributed by atoms with Crippen molar-refractivity contribution in [2.45, 2.75) is 57.8 Å². The van der Waals surface area contributed by atoms with E-state index in [0.717, 1.165) is 67.4 Å². The highest BCUT2D eigenvalue weighted by atomic mass is 19.1. The number of piperazine rings is 1. The van der Waals surface area contributed by atoms with Crippen molar-refractivity contribution in [3.05, 3.63) is 53.6 Å². The van der Waals surface area contributed by atoms with E-state index in [4.69, 9.17) is 4.99 Å². The number of halogens is 1. The van der Waals surface area contributed by atoms with Gasteiger partial charge in [-0.05, 0) is 80.8 Å². The van der Waals surface area contributed by atoms with Crippen LogP contribution in [0, 0.1) is 18.7 Å². The molecule has 202 valence electrons. The number of aliphatic imine (C=N–C) groups is 1. The number of nitrogens with zero attached hydrogens (tertiary/aromatic N) is 6. The Morgan fingerprint density at radius 3 is 2.51 bits per heavy atom. The van der Waals surface area contributed by atoms with Crippen LogP contribution in [0.15, 0.2) is 41.7 Å². The van der Waals surface area contributed by atoms with Gasteiger partial charge in [0.1, 0.15) is 11.5 Å². The fraction of sp³-hybridized carbons (Fsp3) is 0.484. The standard InChI is InChI=1S/C31H36FN7/c1-20-15-23(16-25-28(20)35-21(2)31(25)9-3-4-10-31)29-26(32)18-34-30(37-29)36-27-8-7-24(17-33-27)39-13-11-38(12-14-39)19-22-5-6-22/h7-8,15-18,22H,3-6,9-14,19H2,1-2H3,(H,33,34,36,37). The molecule has 2 aliphatic carbocycles. The van der Waals surface area contributed by atoms with Crippen LogP contribution in [0.4, 0.5) is 27.5 Å². The van der Waals surface area contributed by atoms with Gasteiger partial charge in [-0.25, -0.2) is 19.3 Å². The van der Waals surface area contributed by atoms with Gasteiger partial charge < -0.3 is 10.2 Å². The molecule has 3 aromatic rings. The first-order valence-corrected chi connectivity index (χ1v) is 14.4. The van der Waals surface area contributed by atoms with Crippen LogP contribution < -0.4 is 10.2 Å². The first-order valence-electron chi connectivity index (χ1n) is 14.4. The molecule has 0 amide bonds. The molecule has 4 aliphatic rings. The molecule has 1 aromatic carbocycles. The van der Waals surface area contributed by atoms with Gasteiger partial charge in [0.25, 0.3) is 0 Å². The van der Waals surface area contributed by atoms with Gasteiger partial charge in [-0.15, -0.1) is 0 Å². The van der Waals surface area contributed by atoms with Gasteiger partial charge in [-0.3, -0.25) is 9.89 Å². The van der Waals surface area contributed by atoms with Crippen LogP contribution in [0.5, 0.6) is 0 Å². The minimum absolute atomic E-state index is 0.00375. The normalized spacial score (nSPS) is 20.4. The summed E-state index contributed by atoms with van der Waals surface area (Å²) in [6.45, 7) is 9.73. The van der Waals surface area contributed by atoms with Gasteiger partial charge >= 0.3 is 0 Å². The van der Waals surface area contributed by atoms with Gasteiger partial charge in [-0.2, -0.15) is 0 Å². The smallest absolute Gasteiger partial charge is 0.229 e. The van der Waals surface area contributed by atoms with E-state index in [-0.39, 0.29) is 5.41 Å². The van der Waals surface area contributed by atoms with Crippen molar-refractivity contribution in [1.29, 1.82) is 0 Å². The molecule has 0 bridgehead atoms. The zero-order valence-corrected chi connectivity index (χ0v) is 22.9. The molecule has 1 spiro atoms. The molecule has 8 heteroatoms. The fourth-order valence-electron chi connectivity index (χ4n) is 6.75. The maximum Gasteiger partial charge on any atom is 0.229 e. The Hall–Kier alpha value is -3.39. The topological polar surface area (TPSA) is 69.5 Å². The molecule has 0 atom stereocenters. The summed E-state index contributed by atoms with van der Waals surface area (Å²) in [6.07, 6.45) is 10.6. The third-order valence-electron chi connectivity index (χ3n) is 9.20. The Bertz CT molecular complexity index is 1420. The maximum atomic E-state index is 15.1. The zero-order chi connectivity index (χ0) is 26.6. The number of hydrogen-bond acceptors (Lipinski definition) is 7. The van der Waals surface area contributed by atoms with E-state index in [1.807, 2.05) is 18.3 Å². The van der Waals surface area contributed by atoms with Crippen molar-refractivity contribution in [3.63, 3.8) is 0 Å². The predicted molar refractivity (Wildman–Crippen MR) is 154 cm³/mol. The second-order valence-corrected chi connectivity index (χ2v) is 11.8. The second-order valence-electron chi connectivity index (χ2n) is 11.8. The summed E-state index contributed by atoms with van der Waals surface area (Å²) in [5, 5.41) is 3.18. The number of nitrogens with one attached hydrogen (secondary N) is 1. The first-order chi connectivity index (χ1) is 19.0. The molecule has 2 aliphatic heterocycles. The lowest BCUT2D eigenvalue weighted by atomic mass is 9.75. The number of fused-ring (bicyclic) bond motifs is 2. The summed E-state index contributed by atoms with van der Waals surface area (Å²) in [5.41, 5.74) is 6.73. The summed E-state index contributed by atoms with van der Waals surface area (Å²) >= 11 is 0. The van der Waals surface area contributed by atoms with E-state index in [1.54, 1.807) is 0 Å². The third-order valence-corrected chi connectivity index (χ3v) is 9.20. The van der Waals surface area contributed by atoms with Crippen LogP contribution in [0.1, 0.15) is 56.6 Å². The molecule has 1 N–H and O–H groups in total. The van der Waals surface area contributed by atoms with Gasteiger partial charge in [0.2, 0.25) is 5.95 Å². The van der Waals surface area contributed by atoms with Crippen LogP contribution in [0.2, 0.25) is 0 Å². The van der Waals surface area contributed by atoms with Crippen molar-refractivity contribution in [2.75, 3.05) is 42.9 Å². The largest absolute Gasteiger partial charge is 0.368 e. The molecule has 7 rings (SSSR count). The molecule has 39 heavy (non-hydrogen) atoms. The van der Waals surface area contributed by atoms with Crippen LogP contribution in [0.25, 0.3) is 11.3 Å². The Kier molecular flexibility index (Phi) is 6.10. The monoisotopic (exact) mass is 525 g/mol. The second kappa shape index (κ2) is 9.66. The lowest BCUT2D eigenvalue weighted by Gasteiger charge is -2.36. The van der Waals surface area contributed by atoms with E-state index < -0.39 is 5.82 Å². The van der Waals surface area contributed by atoms with E-state index >= 15 is 4.39 Å². The number of aromatic nitrogens is 3. The summed E-state index contributed by atoms with van der Waals surface area (Å²) in [4.78, 5) is 23.3. The Morgan fingerprint density at radius 2 is 1.79 bits per heavy atom. The fourth-order valence-corrected chi connectivity index (χ4v) is 6.75. The molecule has 2 aromatic heterocycles. The number of rotatable bonds is 6. The number of anilines is 3. The van der Waals surface area contributed by atoms with Crippen molar-refractivity contribution in [3.8, 4) is 11.3 Å². The quantitative estimate of drug-likeness (QED) is 0.415. The van der Waals surface area contributed by atoms with Gasteiger partial charge in [0, 0.05) is 49.4 Å². The summed E-state index contributed by atoms with van der Waals surface area (Å²) in [6, 6.07) is 8.14. The molecule has 0 radical (unpaired) electrons. The highest BCUT2D eigenvalue weighted by molar-refractivity contribution is 6.01. The van der Waals surface area contributed by atoms with Crippen molar-refractivity contribution >= 4 is 28.9 Å². The third kappa shape index (κ3) is 4.58. The van der Waals surface area contributed by atoms with Gasteiger partial charge in [0.05, 0.1) is 23.8 Å². The van der Waals surface area contributed by atoms with E-state index in [1.165, 1.54) is 49.7 Å². The summed E-state index contributed by atoms with van der Waals surface area (Å²) in [5.74, 6) is 1.48. The van der Waals surface area contributed by atoms with E-state index in [0.29, 0.717) is 17.5 Å². The lowest BCUT2D eigenvalue weighted by Crippen LogP contribution is -2.47.